The van der Waals surface area contributed by atoms with E-state index < -0.39 is 11.4 Å². The first-order valence-electron chi connectivity index (χ1n) is 12.0. The number of carbonyl (C=O) groups excluding carboxylic acids is 2. The van der Waals surface area contributed by atoms with Gasteiger partial charge in [0.1, 0.15) is 5.82 Å². The van der Waals surface area contributed by atoms with Gasteiger partial charge < -0.3 is 5.32 Å². The van der Waals surface area contributed by atoms with Crippen molar-refractivity contribution in [2.75, 3.05) is 5.32 Å². The van der Waals surface area contributed by atoms with Gasteiger partial charge in [-0.05, 0) is 54.8 Å². The van der Waals surface area contributed by atoms with Crippen molar-refractivity contribution < 1.29 is 14.0 Å². The number of carbonyl (C=O) groups is 2. The molecule has 188 valence electrons. The highest BCUT2D eigenvalue weighted by Gasteiger charge is 2.19. The van der Waals surface area contributed by atoms with Crippen LogP contribution in [0.4, 0.5) is 10.2 Å². The van der Waals surface area contributed by atoms with E-state index in [-0.39, 0.29) is 30.0 Å². The van der Waals surface area contributed by atoms with E-state index in [1.807, 2.05) is 38.1 Å². The summed E-state index contributed by atoms with van der Waals surface area (Å²) in [5.41, 5.74) is 3.12. The van der Waals surface area contributed by atoms with Crippen LogP contribution in [0.1, 0.15) is 47.3 Å². The Morgan fingerprint density at radius 1 is 1.03 bits per heavy atom. The van der Waals surface area contributed by atoms with Crippen molar-refractivity contribution in [3.8, 4) is 11.3 Å². The molecule has 37 heavy (non-hydrogen) atoms. The van der Waals surface area contributed by atoms with Crippen LogP contribution in [0.3, 0.4) is 0 Å². The highest BCUT2D eigenvalue weighted by molar-refractivity contribution is 6.08. The van der Waals surface area contributed by atoms with Crippen molar-refractivity contribution in [1.29, 1.82) is 0 Å². The maximum absolute atomic E-state index is 13.6. The van der Waals surface area contributed by atoms with Crippen LogP contribution in [0.15, 0.2) is 78.0 Å². The number of aryl methyl sites for hydroxylation is 1. The number of amides is 1. The molecule has 0 unspecified atom stereocenters. The molecule has 1 N–H and O–H groups in total. The first-order valence-corrected chi connectivity index (χ1v) is 12.0. The summed E-state index contributed by atoms with van der Waals surface area (Å²) in [4.78, 5) is 47.5. The van der Waals surface area contributed by atoms with E-state index in [1.165, 1.54) is 35.0 Å². The Bertz CT molecular complexity index is 1510. The monoisotopic (exact) mass is 498 g/mol. The van der Waals surface area contributed by atoms with Crippen LogP contribution in [0.5, 0.6) is 0 Å². The van der Waals surface area contributed by atoms with Gasteiger partial charge in [0.25, 0.3) is 5.56 Å². The van der Waals surface area contributed by atoms with Gasteiger partial charge in [-0.25, -0.2) is 9.37 Å². The number of nitrogens with zero attached hydrogens (tertiary/aromatic N) is 3. The third kappa shape index (κ3) is 5.69. The molecule has 0 fully saturated rings. The molecule has 1 amide bonds. The molecule has 0 radical (unpaired) electrons. The van der Waals surface area contributed by atoms with E-state index in [2.05, 4.69) is 15.3 Å². The summed E-state index contributed by atoms with van der Waals surface area (Å²) < 4.78 is 14.8. The Labute approximate surface area is 214 Å². The van der Waals surface area contributed by atoms with Gasteiger partial charge in [0, 0.05) is 35.0 Å². The highest BCUT2D eigenvalue weighted by Crippen LogP contribution is 2.23. The summed E-state index contributed by atoms with van der Waals surface area (Å²) in [6.45, 7) is 5.70. The third-order valence-corrected chi connectivity index (χ3v) is 6.28. The lowest BCUT2D eigenvalue weighted by atomic mass is 10.0. The van der Waals surface area contributed by atoms with Crippen LogP contribution in [-0.2, 0) is 11.3 Å². The van der Waals surface area contributed by atoms with E-state index >= 15 is 0 Å². The molecule has 0 aliphatic heterocycles. The number of anilines is 1. The van der Waals surface area contributed by atoms with Crippen molar-refractivity contribution in [2.45, 2.75) is 33.7 Å². The van der Waals surface area contributed by atoms with Crippen molar-refractivity contribution in [2.24, 2.45) is 5.92 Å². The molecule has 8 heteroatoms. The molecule has 2 heterocycles. The van der Waals surface area contributed by atoms with Crippen molar-refractivity contribution in [3.05, 3.63) is 112 Å². The smallest absolute Gasteiger partial charge is 0.294 e. The second-order valence-electron chi connectivity index (χ2n) is 8.91. The fourth-order valence-electron chi connectivity index (χ4n) is 3.88. The molecule has 4 rings (SSSR count). The average molecular weight is 499 g/mol. The van der Waals surface area contributed by atoms with Gasteiger partial charge >= 0.3 is 0 Å². The third-order valence-electron chi connectivity index (χ3n) is 6.28. The van der Waals surface area contributed by atoms with E-state index in [1.54, 1.807) is 25.4 Å². The zero-order valence-electron chi connectivity index (χ0n) is 20.9. The molecule has 1 atom stereocenters. The Morgan fingerprint density at radius 2 is 1.76 bits per heavy atom. The summed E-state index contributed by atoms with van der Waals surface area (Å²) >= 11 is 0. The molecular weight excluding hydrogens is 471 g/mol. The first-order chi connectivity index (χ1) is 17.8. The van der Waals surface area contributed by atoms with E-state index in [0.29, 0.717) is 28.8 Å². The lowest BCUT2D eigenvalue weighted by molar-refractivity contribution is -0.119. The van der Waals surface area contributed by atoms with Gasteiger partial charge in [-0.15, -0.1) is 0 Å². The van der Waals surface area contributed by atoms with Crippen LogP contribution in [0.25, 0.3) is 11.3 Å². The SMILES string of the molecule is CC[C@@H](C)C(=O)Nc1ncc(-c2ccccc2C)n(Cc2cncc(C(=O)c3ccc(F)cc3)c2)c1=O. The van der Waals surface area contributed by atoms with Crippen molar-refractivity contribution in [1.82, 2.24) is 14.5 Å². The maximum atomic E-state index is 13.6. The first kappa shape index (κ1) is 25.6. The van der Waals surface area contributed by atoms with Crippen molar-refractivity contribution >= 4 is 17.5 Å². The molecule has 2 aromatic carbocycles. The van der Waals surface area contributed by atoms with E-state index in [9.17, 15) is 18.8 Å². The number of ketones is 1. The minimum Gasteiger partial charge on any atom is -0.306 e. The summed E-state index contributed by atoms with van der Waals surface area (Å²) in [5.74, 6) is -1.36. The average Bonchev–Trinajstić information content (AvgIpc) is 2.91. The lowest BCUT2D eigenvalue weighted by Crippen LogP contribution is -2.30. The van der Waals surface area contributed by atoms with Gasteiger partial charge in [0.15, 0.2) is 11.6 Å². The molecule has 0 bridgehead atoms. The van der Waals surface area contributed by atoms with E-state index in [4.69, 9.17) is 0 Å². The molecule has 2 aromatic heterocycles. The molecule has 4 aromatic rings. The molecule has 7 nitrogen and oxygen atoms in total. The Morgan fingerprint density at radius 3 is 2.46 bits per heavy atom. The Kier molecular flexibility index (Phi) is 7.67. The number of rotatable bonds is 8. The van der Waals surface area contributed by atoms with Gasteiger partial charge in [0.05, 0.1) is 18.4 Å². The van der Waals surface area contributed by atoms with Crippen LogP contribution < -0.4 is 10.9 Å². The summed E-state index contributed by atoms with van der Waals surface area (Å²) in [6, 6.07) is 14.6. The molecule has 0 saturated carbocycles. The fourth-order valence-corrected chi connectivity index (χ4v) is 3.88. The highest BCUT2D eigenvalue weighted by atomic mass is 19.1. The molecular formula is C29H27FN4O3. The number of benzene rings is 2. The zero-order chi connectivity index (χ0) is 26.5. The largest absolute Gasteiger partial charge is 0.306 e. The van der Waals surface area contributed by atoms with Crippen LogP contribution >= 0.6 is 0 Å². The predicted molar refractivity (Wildman–Crippen MR) is 140 cm³/mol. The second-order valence-corrected chi connectivity index (χ2v) is 8.91. The van der Waals surface area contributed by atoms with Crippen LogP contribution in [0.2, 0.25) is 0 Å². The molecule has 0 spiro atoms. The van der Waals surface area contributed by atoms with Gasteiger partial charge in [-0.2, -0.15) is 0 Å². The van der Waals surface area contributed by atoms with Gasteiger partial charge in [-0.1, -0.05) is 38.1 Å². The van der Waals surface area contributed by atoms with Gasteiger partial charge in [0.2, 0.25) is 5.91 Å². The molecule has 0 aliphatic rings. The van der Waals surface area contributed by atoms with Crippen molar-refractivity contribution in [3.63, 3.8) is 0 Å². The van der Waals surface area contributed by atoms with E-state index in [0.717, 1.165) is 11.1 Å². The Balaban J connectivity index is 1.76. The Hall–Kier alpha value is -4.46. The minimum atomic E-state index is -0.465. The number of hydrogen-bond donors (Lipinski definition) is 1. The summed E-state index contributed by atoms with van der Waals surface area (Å²) in [6.07, 6.45) is 5.21. The molecule has 0 saturated heterocycles. The van der Waals surface area contributed by atoms with Crippen LogP contribution in [-0.4, -0.2) is 26.2 Å². The zero-order valence-corrected chi connectivity index (χ0v) is 20.9. The number of halogens is 1. The van der Waals surface area contributed by atoms with Gasteiger partial charge in [-0.3, -0.25) is 23.9 Å². The number of hydrogen-bond acceptors (Lipinski definition) is 5. The topological polar surface area (TPSA) is 93.9 Å². The number of pyridine rings is 1. The number of aromatic nitrogens is 3. The quantitative estimate of drug-likeness (QED) is 0.345. The molecule has 0 aliphatic carbocycles. The normalized spacial score (nSPS) is 11.7. The number of nitrogens with one attached hydrogen (secondary N) is 1. The summed E-state index contributed by atoms with van der Waals surface area (Å²) in [7, 11) is 0. The predicted octanol–water partition coefficient (Wildman–Crippen LogP) is 5.02. The summed E-state index contributed by atoms with van der Waals surface area (Å²) in [5, 5.41) is 2.65. The maximum Gasteiger partial charge on any atom is 0.294 e. The minimum absolute atomic E-state index is 0.0610. The lowest BCUT2D eigenvalue weighted by Gasteiger charge is -2.17. The fraction of sp³-hybridized carbons (Fsp3) is 0.207. The standard InChI is InChI=1S/C29H27FN4O3/c1-4-18(2)28(36)33-27-29(37)34(25(16-32-27)24-8-6-5-7-19(24)3)17-20-13-22(15-31-14-20)26(35)21-9-11-23(30)12-10-21/h5-16,18H,4,17H2,1-3H3,(H,32,33,36)/t18-/m1/s1. The van der Waals surface area contributed by atoms with Crippen LogP contribution in [0, 0.1) is 18.7 Å². The second kappa shape index (κ2) is 11.1.